The fourth-order valence-electron chi connectivity index (χ4n) is 2.11. The molecule has 0 atom stereocenters. The van der Waals surface area contributed by atoms with Crippen LogP contribution in [0.5, 0.6) is 0 Å². The second-order valence-corrected chi connectivity index (χ2v) is 4.77. The Hall–Kier alpha value is -2.12. The fraction of sp³-hybridized carbons (Fsp3) is 0.167. The third-order valence-electron chi connectivity index (χ3n) is 3.06. The van der Waals surface area contributed by atoms with Gasteiger partial charge in [0.25, 0.3) is 0 Å². The number of thiocarbonyl (C=S) groups is 1. The summed E-state index contributed by atoms with van der Waals surface area (Å²) in [5.41, 5.74) is 1.63. The number of aromatic amines is 1. The Bertz CT molecular complexity index is 675. The molecule has 1 aliphatic rings. The number of rotatable bonds is 2. The van der Waals surface area contributed by atoms with Crippen molar-refractivity contribution in [3.63, 3.8) is 0 Å². The van der Waals surface area contributed by atoms with Gasteiger partial charge in [-0.05, 0) is 17.8 Å². The molecule has 0 amide bonds. The van der Waals surface area contributed by atoms with Crippen LogP contribution in [-0.2, 0) is 13.1 Å². The molecule has 4 N–H and O–H groups in total. The van der Waals surface area contributed by atoms with Crippen molar-refractivity contribution in [3.8, 4) is 0 Å². The summed E-state index contributed by atoms with van der Waals surface area (Å²) in [5.74, 6) is 6.40. The van der Waals surface area contributed by atoms with Crippen LogP contribution < -0.4 is 16.8 Å². The highest BCUT2D eigenvalue weighted by Gasteiger charge is 2.23. The Balaban J connectivity index is 1.99. The van der Waals surface area contributed by atoms with E-state index in [1.165, 1.54) is 5.01 Å². The topological polar surface area (TPSA) is 79.1 Å². The van der Waals surface area contributed by atoms with E-state index in [2.05, 4.69) is 10.3 Å². The molecule has 0 saturated heterocycles. The van der Waals surface area contributed by atoms with E-state index in [0.29, 0.717) is 24.0 Å². The van der Waals surface area contributed by atoms with Crippen molar-refractivity contribution in [2.45, 2.75) is 13.1 Å². The van der Waals surface area contributed by atoms with Gasteiger partial charge in [0, 0.05) is 0 Å². The summed E-state index contributed by atoms with van der Waals surface area (Å²) in [4.78, 5) is 14.8. The summed E-state index contributed by atoms with van der Waals surface area (Å²) < 4.78 is 1.63. The van der Waals surface area contributed by atoms with E-state index < -0.39 is 0 Å². The molecule has 2 heterocycles. The van der Waals surface area contributed by atoms with Crippen molar-refractivity contribution in [1.29, 1.82) is 0 Å². The third-order valence-corrected chi connectivity index (χ3v) is 3.39. The Morgan fingerprint density at radius 1 is 1.32 bits per heavy atom. The number of hydrogen-bond acceptors (Lipinski definition) is 3. The fourth-order valence-corrected chi connectivity index (χ4v) is 2.27. The van der Waals surface area contributed by atoms with E-state index >= 15 is 0 Å². The van der Waals surface area contributed by atoms with Gasteiger partial charge in [0.1, 0.15) is 5.82 Å². The first-order chi connectivity index (χ1) is 9.15. The number of hydrazine groups is 1. The molecule has 1 aromatic heterocycles. The van der Waals surface area contributed by atoms with Crippen molar-refractivity contribution in [3.05, 3.63) is 52.1 Å². The summed E-state index contributed by atoms with van der Waals surface area (Å²) in [7, 11) is 0. The highest BCUT2D eigenvalue weighted by atomic mass is 32.1. The summed E-state index contributed by atoms with van der Waals surface area (Å²) in [6.45, 7) is 0.893. The van der Waals surface area contributed by atoms with Gasteiger partial charge in [0.05, 0.1) is 18.8 Å². The molecular weight excluding hydrogens is 262 g/mol. The SMILES string of the molecule is NN1Cc2[nH]c(=O)n(Cc3ccccc3)c2NC1=S. The minimum absolute atomic E-state index is 0.167. The van der Waals surface area contributed by atoms with Crippen molar-refractivity contribution >= 4 is 23.1 Å². The predicted molar refractivity (Wildman–Crippen MR) is 76.5 cm³/mol. The van der Waals surface area contributed by atoms with Crippen LogP contribution in [0.15, 0.2) is 35.1 Å². The largest absolute Gasteiger partial charge is 0.327 e. The van der Waals surface area contributed by atoms with Crippen LogP contribution in [0.4, 0.5) is 5.82 Å². The molecule has 2 aromatic rings. The molecule has 0 saturated carbocycles. The van der Waals surface area contributed by atoms with E-state index in [0.717, 1.165) is 11.3 Å². The zero-order valence-corrected chi connectivity index (χ0v) is 10.9. The molecular formula is C12H13N5OS. The average molecular weight is 275 g/mol. The van der Waals surface area contributed by atoms with Gasteiger partial charge < -0.3 is 10.3 Å². The Morgan fingerprint density at radius 2 is 2.05 bits per heavy atom. The molecule has 0 bridgehead atoms. The van der Waals surface area contributed by atoms with Crippen LogP contribution in [0.1, 0.15) is 11.3 Å². The van der Waals surface area contributed by atoms with Crippen LogP contribution in [-0.4, -0.2) is 19.7 Å². The number of nitrogens with one attached hydrogen (secondary N) is 2. The van der Waals surface area contributed by atoms with Crippen molar-refractivity contribution in [2.75, 3.05) is 5.32 Å². The number of fused-ring (bicyclic) bond motifs is 1. The van der Waals surface area contributed by atoms with Crippen molar-refractivity contribution in [1.82, 2.24) is 14.6 Å². The highest BCUT2D eigenvalue weighted by molar-refractivity contribution is 7.80. The van der Waals surface area contributed by atoms with E-state index in [1.807, 2.05) is 30.3 Å². The van der Waals surface area contributed by atoms with E-state index in [1.54, 1.807) is 4.57 Å². The second-order valence-electron chi connectivity index (χ2n) is 4.39. The normalized spacial score (nSPS) is 14.2. The van der Waals surface area contributed by atoms with Gasteiger partial charge in [-0.3, -0.25) is 9.58 Å². The van der Waals surface area contributed by atoms with Gasteiger partial charge in [0.2, 0.25) is 0 Å². The van der Waals surface area contributed by atoms with Crippen LogP contribution in [0.2, 0.25) is 0 Å². The standard InChI is InChI=1S/C12H13N5OS/c13-17-7-9-10(15-12(17)19)16(11(18)14-9)6-8-4-2-1-3-5-8/h1-5H,6-7,13H2,(H,14,18)(H,15,19). The number of benzene rings is 1. The maximum absolute atomic E-state index is 12.0. The number of imidazole rings is 1. The van der Waals surface area contributed by atoms with Gasteiger partial charge in [-0.25, -0.2) is 10.6 Å². The van der Waals surface area contributed by atoms with Crippen LogP contribution in [0.25, 0.3) is 0 Å². The lowest BCUT2D eigenvalue weighted by molar-refractivity contribution is 0.428. The molecule has 0 aliphatic carbocycles. The Labute approximate surface area is 114 Å². The Kier molecular flexibility index (Phi) is 2.84. The summed E-state index contributed by atoms with van der Waals surface area (Å²) in [5, 5.41) is 4.78. The summed E-state index contributed by atoms with van der Waals surface area (Å²) in [6.07, 6.45) is 0. The molecule has 7 heteroatoms. The van der Waals surface area contributed by atoms with Crippen molar-refractivity contribution < 1.29 is 0 Å². The molecule has 1 aromatic carbocycles. The molecule has 1 aliphatic heterocycles. The average Bonchev–Trinajstić information content (AvgIpc) is 2.68. The first kappa shape index (κ1) is 11.9. The maximum atomic E-state index is 12.0. The van der Waals surface area contributed by atoms with Crippen LogP contribution in [0.3, 0.4) is 0 Å². The molecule has 19 heavy (non-hydrogen) atoms. The smallest absolute Gasteiger partial charge is 0.316 e. The zero-order valence-electron chi connectivity index (χ0n) is 10.1. The molecule has 98 valence electrons. The number of nitrogens with two attached hydrogens (primary N) is 1. The molecule has 0 unspecified atom stereocenters. The number of H-pyrrole nitrogens is 1. The maximum Gasteiger partial charge on any atom is 0.327 e. The predicted octanol–water partition coefficient (Wildman–Crippen LogP) is 0.611. The van der Waals surface area contributed by atoms with Crippen LogP contribution in [0, 0.1) is 0 Å². The first-order valence-corrected chi connectivity index (χ1v) is 6.25. The Morgan fingerprint density at radius 3 is 2.79 bits per heavy atom. The molecule has 0 radical (unpaired) electrons. The van der Waals surface area contributed by atoms with Gasteiger partial charge in [-0.2, -0.15) is 0 Å². The minimum atomic E-state index is -0.167. The van der Waals surface area contributed by atoms with Gasteiger partial charge >= 0.3 is 5.69 Å². The number of hydrogen-bond donors (Lipinski definition) is 3. The second kappa shape index (κ2) is 4.52. The molecule has 3 rings (SSSR count). The number of nitrogens with zero attached hydrogens (tertiary/aromatic N) is 2. The van der Waals surface area contributed by atoms with E-state index in [4.69, 9.17) is 18.1 Å². The lowest BCUT2D eigenvalue weighted by Gasteiger charge is -2.26. The summed E-state index contributed by atoms with van der Waals surface area (Å²) in [6, 6.07) is 9.78. The molecule has 6 nitrogen and oxygen atoms in total. The quantitative estimate of drug-likeness (QED) is 0.553. The molecule has 0 spiro atoms. The van der Waals surface area contributed by atoms with Crippen molar-refractivity contribution in [2.24, 2.45) is 5.84 Å². The van der Waals surface area contributed by atoms with Gasteiger partial charge in [-0.1, -0.05) is 30.3 Å². The molecule has 0 fully saturated rings. The lowest BCUT2D eigenvalue weighted by atomic mass is 10.2. The zero-order chi connectivity index (χ0) is 13.4. The summed E-state index contributed by atoms with van der Waals surface area (Å²) >= 11 is 5.10. The number of aromatic nitrogens is 2. The number of anilines is 1. The van der Waals surface area contributed by atoms with E-state index in [-0.39, 0.29) is 5.69 Å². The lowest BCUT2D eigenvalue weighted by Crippen LogP contribution is -2.43. The first-order valence-electron chi connectivity index (χ1n) is 5.84. The third kappa shape index (κ3) is 2.13. The highest BCUT2D eigenvalue weighted by Crippen LogP contribution is 2.19. The van der Waals surface area contributed by atoms with Gasteiger partial charge in [-0.15, -0.1) is 0 Å². The minimum Gasteiger partial charge on any atom is -0.316 e. The van der Waals surface area contributed by atoms with E-state index in [9.17, 15) is 4.79 Å². The van der Waals surface area contributed by atoms with Crippen LogP contribution >= 0.6 is 12.2 Å². The van der Waals surface area contributed by atoms with Gasteiger partial charge in [0.15, 0.2) is 5.11 Å². The monoisotopic (exact) mass is 275 g/mol.